The minimum absolute atomic E-state index is 0.409. The van der Waals surface area contributed by atoms with E-state index in [0.29, 0.717) is 33.7 Å². The Bertz CT molecular complexity index is 980. The Morgan fingerprint density at radius 2 is 1.24 bits per heavy atom. The number of hydrogen-bond donors (Lipinski definition) is 2. The zero-order valence-electron chi connectivity index (χ0n) is 10.5. The molecule has 0 aliphatic carbocycles. The van der Waals surface area contributed by atoms with Crippen LogP contribution in [0.3, 0.4) is 0 Å². The molecule has 0 atom stereocenters. The fourth-order valence-electron chi connectivity index (χ4n) is 2.11. The largest absolute Gasteiger partial charge is 0.457 e. The minimum atomic E-state index is -0.516. The fourth-order valence-corrected chi connectivity index (χ4v) is 2.11. The van der Waals surface area contributed by atoms with Crippen molar-refractivity contribution in [2.45, 2.75) is 0 Å². The minimum Gasteiger partial charge on any atom is -0.457 e. The van der Waals surface area contributed by atoms with Crippen LogP contribution in [0.5, 0.6) is 11.5 Å². The van der Waals surface area contributed by atoms with Crippen molar-refractivity contribution in [3.8, 4) is 11.5 Å². The lowest BCUT2D eigenvalue weighted by Gasteiger charge is -2.04. The van der Waals surface area contributed by atoms with Crippen LogP contribution < -0.4 is 16.2 Å². The van der Waals surface area contributed by atoms with Gasteiger partial charge in [-0.3, -0.25) is 9.97 Å². The van der Waals surface area contributed by atoms with Gasteiger partial charge in [0.2, 0.25) is 0 Å². The first kappa shape index (κ1) is 11.6. The molecule has 104 valence electrons. The number of hydrogen-bond acceptors (Lipinski definition) is 5. The van der Waals surface area contributed by atoms with Crippen molar-refractivity contribution >= 4 is 22.2 Å². The number of aromatic amines is 2. The molecule has 7 nitrogen and oxygen atoms in total. The summed E-state index contributed by atoms with van der Waals surface area (Å²) in [6.07, 6.45) is 0. The number of benzene rings is 2. The second-order valence-corrected chi connectivity index (χ2v) is 4.45. The summed E-state index contributed by atoms with van der Waals surface area (Å²) in [5, 5.41) is 0. The van der Waals surface area contributed by atoms with Crippen LogP contribution in [0.15, 0.2) is 54.8 Å². The van der Waals surface area contributed by atoms with Gasteiger partial charge in [-0.15, -0.1) is 0 Å². The van der Waals surface area contributed by atoms with Crippen LogP contribution in [-0.4, -0.2) is 9.97 Å². The number of aromatic nitrogens is 2. The molecule has 2 N–H and O–H groups in total. The van der Waals surface area contributed by atoms with Crippen LogP contribution in [0.25, 0.3) is 22.2 Å². The van der Waals surface area contributed by atoms with E-state index in [4.69, 9.17) is 13.6 Å². The molecule has 2 heterocycles. The highest BCUT2D eigenvalue weighted by atomic mass is 16.5. The number of ether oxygens (including phenoxy) is 1. The molecule has 0 spiro atoms. The van der Waals surface area contributed by atoms with E-state index in [2.05, 4.69) is 9.97 Å². The molecule has 0 bridgehead atoms. The Morgan fingerprint density at radius 1 is 0.762 bits per heavy atom. The molecule has 0 radical (unpaired) electrons. The summed E-state index contributed by atoms with van der Waals surface area (Å²) in [4.78, 5) is 27.3. The summed E-state index contributed by atoms with van der Waals surface area (Å²) in [7, 11) is 0. The number of nitrogens with one attached hydrogen (secondary N) is 2. The first-order valence-electron chi connectivity index (χ1n) is 6.11. The monoisotopic (exact) mass is 284 g/mol. The Morgan fingerprint density at radius 3 is 1.71 bits per heavy atom. The number of rotatable bonds is 2. The highest BCUT2D eigenvalue weighted by Gasteiger charge is 2.06. The smallest absolute Gasteiger partial charge is 0.417 e. The predicted molar refractivity (Wildman–Crippen MR) is 73.7 cm³/mol. The lowest BCUT2D eigenvalue weighted by molar-refractivity contribution is 0.479. The topological polar surface area (TPSA) is 101 Å². The summed E-state index contributed by atoms with van der Waals surface area (Å²) in [6.45, 7) is 0. The van der Waals surface area contributed by atoms with E-state index in [9.17, 15) is 9.59 Å². The van der Waals surface area contributed by atoms with Gasteiger partial charge in [0.1, 0.15) is 11.5 Å². The molecule has 0 saturated carbocycles. The lowest BCUT2D eigenvalue weighted by Crippen LogP contribution is -1.92. The standard InChI is InChI=1S/C14H8N2O5/c17-13-15-9-3-1-7(5-11(9)20-13)19-8-2-4-10-12(6-8)21-14(18)16-10/h1-6H,(H,15,17)(H,16,18). The van der Waals surface area contributed by atoms with Crippen LogP contribution in [-0.2, 0) is 0 Å². The van der Waals surface area contributed by atoms with E-state index in [0.717, 1.165) is 0 Å². The van der Waals surface area contributed by atoms with Crippen molar-refractivity contribution in [2.75, 3.05) is 0 Å². The van der Waals surface area contributed by atoms with Gasteiger partial charge in [0.05, 0.1) is 11.0 Å². The van der Waals surface area contributed by atoms with Crippen LogP contribution in [0, 0.1) is 0 Å². The Balaban J connectivity index is 1.74. The van der Waals surface area contributed by atoms with Gasteiger partial charge in [-0.1, -0.05) is 0 Å². The maximum Gasteiger partial charge on any atom is 0.417 e. The van der Waals surface area contributed by atoms with Gasteiger partial charge >= 0.3 is 11.5 Å². The Kier molecular flexibility index (Phi) is 2.28. The highest BCUT2D eigenvalue weighted by molar-refractivity contribution is 5.75. The molecule has 21 heavy (non-hydrogen) atoms. The number of H-pyrrole nitrogens is 2. The van der Waals surface area contributed by atoms with E-state index >= 15 is 0 Å². The molecule has 4 rings (SSSR count). The van der Waals surface area contributed by atoms with E-state index < -0.39 is 11.5 Å². The maximum atomic E-state index is 11.1. The third-order valence-corrected chi connectivity index (χ3v) is 3.02. The third-order valence-electron chi connectivity index (χ3n) is 3.02. The molecule has 0 fully saturated rings. The quantitative estimate of drug-likeness (QED) is 0.588. The zero-order valence-corrected chi connectivity index (χ0v) is 10.5. The van der Waals surface area contributed by atoms with E-state index in [1.54, 1.807) is 36.4 Å². The van der Waals surface area contributed by atoms with Gasteiger partial charge in [0.15, 0.2) is 11.2 Å². The van der Waals surface area contributed by atoms with E-state index in [1.165, 1.54) is 0 Å². The first-order valence-corrected chi connectivity index (χ1v) is 6.11. The molecule has 0 aliphatic heterocycles. The summed E-state index contributed by atoms with van der Waals surface area (Å²) < 4.78 is 15.6. The Labute approximate surface area is 115 Å². The molecular weight excluding hydrogens is 276 g/mol. The highest BCUT2D eigenvalue weighted by Crippen LogP contribution is 2.26. The van der Waals surface area contributed by atoms with Crippen molar-refractivity contribution in [1.82, 2.24) is 9.97 Å². The molecular formula is C14H8N2O5. The van der Waals surface area contributed by atoms with Crippen LogP contribution in [0.1, 0.15) is 0 Å². The number of oxazole rings is 2. The van der Waals surface area contributed by atoms with Gasteiger partial charge < -0.3 is 13.6 Å². The maximum absolute atomic E-state index is 11.1. The zero-order chi connectivity index (χ0) is 14.4. The van der Waals surface area contributed by atoms with Gasteiger partial charge in [-0.05, 0) is 24.3 Å². The van der Waals surface area contributed by atoms with E-state index in [1.807, 2.05) is 0 Å². The second kappa shape index (κ2) is 4.14. The van der Waals surface area contributed by atoms with Crippen LogP contribution in [0.4, 0.5) is 0 Å². The molecule has 2 aromatic carbocycles. The normalized spacial score (nSPS) is 11.2. The van der Waals surface area contributed by atoms with Crippen molar-refractivity contribution in [3.63, 3.8) is 0 Å². The summed E-state index contributed by atoms with van der Waals surface area (Å²) >= 11 is 0. The number of fused-ring (bicyclic) bond motifs is 2. The molecule has 0 aliphatic rings. The van der Waals surface area contributed by atoms with Gasteiger partial charge in [-0.2, -0.15) is 0 Å². The molecule has 4 aromatic rings. The molecule has 7 heteroatoms. The average molecular weight is 284 g/mol. The van der Waals surface area contributed by atoms with Gasteiger partial charge in [0.25, 0.3) is 0 Å². The summed E-state index contributed by atoms with van der Waals surface area (Å²) in [5.74, 6) is -0.0275. The van der Waals surface area contributed by atoms with Crippen molar-refractivity contribution in [3.05, 3.63) is 57.5 Å². The van der Waals surface area contributed by atoms with Crippen molar-refractivity contribution in [1.29, 1.82) is 0 Å². The van der Waals surface area contributed by atoms with Crippen molar-refractivity contribution < 1.29 is 13.6 Å². The summed E-state index contributed by atoms with van der Waals surface area (Å²) in [6, 6.07) is 9.97. The molecule has 0 unspecified atom stereocenters. The van der Waals surface area contributed by atoms with Gasteiger partial charge in [0, 0.05) is 12.1 Å². The summed E-state index contributed by atoms with van der Waals surface area (Å²) in [5.41, 5.74) is 2.01. The van der Waals surface area contributed by atoms with E-state index in [-0.39, 0.29) is 0 Å². The molecule has 0 saturated heterocycles. The van der Waals surface area contributed by atoms with Gasteiger partial charge in [-0.25, -0.2) is 9.59 Å². The van der Waals surface area contributed by atoms with Crippen molar-refractivity contribution in [2.24, 2.45) is 0 Å². The fraction of sp³-hybridized carbons (Fsp3) is 0. The lowest BCUT2D eigenvalue weighted by atomic mass is 10.3. The molecule has 2 aromatic heterocycles. The Hall–Kier alpha value is -3.22. The predicted octanol–water partition coefficient (Wildman–Crippen LogP) is 2.35. The third kappa shape index (κ3) is 2.00. The SMILES string of the molecule is O=c1[nH]c2ccc(Oc3ccc4[nH]c(=O)oc4c3)cc2o1. The van der Waals surface area contributed by atoms with Crippen LogP contribution in [0.2, 0.25) is 0 Å². The molecule has 0 amide bonds. The average Bonchev–Trinajstić information content (AvgIpc) is 2.98. The second-order valence-electron chi connectivity index (χ2n) is 4.45. The van der Waals surface area contributed by atoms with Crippen LogP contribution >= 0.6 is 0 Å². The first-order chi connectivity index (χ1) is 10.2.